The number of carboxylic acids is 1. The van der Waals surface area contributed by atoms with Gasteiger partial charge in [0.1, 0.15) is 0 Å². The molecule has 0 spiro atoms. The monoisotopic (exact) mass is 428 g/mol. The van der Waals surface area contributed by atoms with Crippen LogP contribution in [-0.4, -0.2) is 22.3 Å². The lowest BCUT2D eigenvalue weighted by molar-refractivity contribution is -0.168. The number of fused-ring (bicyclic) bond motifs is 7. The molecule has 0 radical (unpaired) electrons. The summed E-state index contributed by atoms with van der Waals surface area (Å²) in [5.74, 6) is 1.76. The molecule has 8 unspecified atom stereocenters. The molecule has 5 aliphatic carbocycles. The molecule has 5 aliphatic rings. The first kappa shape index (κ1) is 22.0. The van der Waals surface area contributed by atoms with Crippen molar-refractivity contribution in [2.75, 3.05) is 0 Å². The summed E-state index contributed by atoms with van der Waals surface area (Å²) in [5.41, 5.74) is 1.24. The Bertz CT molecular complexity index is 794. The Hall–Kier alpha value is -0.830. The number of aliphatic hydroxyl groups excluding tert-OH is 1. The molecule has 0 aromatic carbocycles. The van der Waals surface area contributed by atoms with E-state index < -0.39 is 11.4 Å². The van der Waals surface area contributed by atoms with E-state index in [0.29, 0.717) is 29.1 Å². The second-order valence-electron chi connectivity index (χ2n) is 13.8. The van der Waals surface area contributed by atoms with Gasteiger partial charge in [0.15, 0.2) is 0 Å². The lowest BCUT2D eigenvalue weighted by Gasteiger charge is -2.63. The number of hydrogen-bond acceptors (Lipinski definition) is 2. The quantitative estimate of drug-likeness (QED) is 0.472. The van der Waals surface area contributed by atoms with Crippen LogP contribution >= 0.6 is 0 Å². The molecule has 8 atom stereocenters. The predicted octanol–water partition coefficient (Wildman–Crippen LogP) is 6.45. The number of aliphatic carboxylic acids is 1. The summed E-state index contributed by atoms with van der Waals surface area (Å²) in [6.07, 6.45) is 12.9. The van der Waals surface area contributed by atoms with E-state index in [1.54, 1.807) is 0 Å². The Kier molecular flexibility index (Phi) is 4.85. The van der Waals surface area contributed by atoms with Gasteiger partial charge in [0, 0.05) is 0 Å². The fraction of sp³-hybridized carbons (Fsp3) is 0.893. The SMILES string of the molecule is CC1(C)CCC2(C)CCC3(C(=O)O)C(=CCC4C5CCC(O)C(C)(C)C5CCC43)C2C1. The van der Waals surface area contributed by atoms with Crippen molar-refractivity contribution in [3.63, 3.8) is 0 Å². The zero-order chi connectivity index (χ0) is 22.4. The van der Waals surface area contributed by atoms with Gasteiger partial charge in [0.2, 0.25) is 0 Å². The molecular formula is C28H44O3. The van der Waals surface area contributed by atoms with E-state index in [-0.39, 0.29) is 22.9 Å². The summed E-state index contributed by atoms with van der Waals surface area (Å²) in [6.45, 7) is 11.7. The first-order valence-corrected chi connectivity index (χ1v) is 13.0. The van der Waals surface area contributed by atoms with Crippen LogP contribution in [0.1, 0.15) is 98.8 Å². The lowest BCUT2D eigenvalue weighted by Crippen LogP contribution is -2.59. The fourth-order valence-corrected chi connectivity index (χ4v) is 9.44. The van der Waals surface area contributed by atoms with Crippen molar-refractivity contribution in [3.8, 4) is 0 Å². The second-order valence-corrected chi connectivity index (χ2v) is 13.8. The molecule has 2 N–H and O–H groups in total. The second kappa shape index (κ2) is 6.84. The molecule has 31 heavy (non-hydrogen) atoms. The average Bonchev–Trinajstić information content (AvgIpc) is 2.70. The molecule has 0 aromatic rings. The maximum atomic E-state index is 13.2. The highest BCUT2D eigenvalue weighted by Gasteiger charge is 2.64. The largest absolute Gasteiger partial charge is 0.481 e. The Morgan fingerprint density at radius 3 is 2.29 bits per heavy atom. The minimum atomic E-state index is -0.633. The third-order valence-electron chi connectivity index (χ3n) is 11.5. The molecule has 5 rings (SSSR count). The van der Waals surface area contributed by atoms with Crippen molar-refractivity contribution in [1.82, 2.24) is 0 Å². The van der Waals surface area contributed by atoms with Crippen molar-refractivity contribution < 1.29 is 15.0 Å². The van der Waals surface area contributed by atoms with Crippen LogP contribution in [0.2, 0.25) is 0 Å². The maximum Gasteiger partial charge on any atom is 0.314 e. The average molecular weight is 429 g/mol. The highest BCUT2D eigenvalue weighted by atomic mass is 16.4. The van der Waals surface area contributed by atoms with Crippen LogP contribution in [-0.2, 0) is 4.79 Å². The standard InChI is InChI=1S/C28H44O3/c1-25(2)12-13-27(5)14-15-28(24(30)31)20-10-9-19-17(7-11-23(29)26(19,3)4)18(20)6-8-21(28)22(27)16-25/h8,17-20,22-23,29H,6-7,9-16H2,1-5H3,(H,30,31). The number of carbonyl (C=O) groups is 1. The molecule has 4 fully saturated rings. The van der Waals surface area contributed by atoms with Gasteiger partial charge in [-0.05, 0) is 110 Å². The number of carboxylic acid groups (broad SMARTS) is 1. The summed E-state index contributed by atoms with van der Waals surface area (Å²) >= 11 is 0. The molecule has 0 bridgehead atoms. The van der Waals surface area contributed by atoms with E-state index in [2.05, 4.69) is 40.7 Å². The van der Waals surface area contributed by atoms with Gasteiger partial charge in [0.05, 0.1) is 11.5 Å². The van der Waals surface area contributed by atoms with Crippen LogP contribution in [0.4, 0.5) is 0 Å². The third kappa shape index (κ3) is 2.97. The van der Waals surface area contributed by atoms with Crippen molar-refractivity contribution in [2.45, 2.75) is 105 Å². The smallest absolute Gasteiger partial charge is 0.314 e. The van der Waals surface area contributed by atoms with E-state index in [9.17, 15) is 15.0 Å². The van der Waals surface area contributed by atoms with E-state index >= 15 is 0 Å². The Morgan fingerprint density at radius 2 is 1.58 bits per heavy atom. The first-order chi connectivity index (χ1) is 14.4. The molecule has 0 aromatic heterocycles. The number of aliphatic hydroxyl groups is 1. The van der Waals surface area contributed by atoms with Crippen LogP contribution in [0.15, 0.2) is 11.6 Å². The van der Waals surface area contributed by atoms with Gasteiger partial charge in [-0.15, -0.1) is 0 Å². The molecule has 0 amide bonds. The van der Waals surface area contributed by atoms with Gasteiger partial charge >= 0.3 is 5.97 Å². The number of rotatable bonds is 1. The van der Waals surface area contributed by atoms with E-state index in [1.165, 1.54) is 18.4 Å². The van der Waals surface area contributed by atoms with E-state index in [0.717, 1.165) is 51.4 Å². The summed E-state index contributed by atoms with van der Waals surface area (Å²) in [7, 11) is 0. The third-order valence-corrected chi connectivity index (χ3v) is 11.5. The maximum absolute atomic E-state index is 13.2. The van der Waals surface area contributed by atoms with Gasteiger partial charge in [-0.25, -0.2) is 0 Å². The van der Waals surface area contributed by atoms with Crippen molar-refractivity contribution in [2.24, 2.45) is 51.2 Å². The van der Waals surface area contributed by atoms with Crippen LogP contribution < -0.4 is 0 Å². The minimum Gasteiger partial charge on any atom is -0.481 e. The highest BCUT2D eigenvalue weighted by molar-refractivity contribution is 5.80. The molecular weight excluding hydrogens is 384 g/mol. The molecule has 3 nitrogen and oxygen atoms in total. The molecule has 4 saturated carbocycles. The first-order valence-electron chi connectivity index (χ1n) is 13.0. The van der Waals surface area contributed by atoms with Gasteiger partial charge in [-0.2, -0.15) is 0 Å². The summed E-state index contributed by atoms with van der Waals surface area (Å²) < 4.78 is 0. The van der Waals surface area contributed by atoms with Gasteiger partial charge < -0.3 is 10.2 Å². The zero-order valence-electron chi connectivity index (χ0n) is 20.4. The normalized spacial score (nSPS) is 50.2. The van der Waals surface area contributed by atoms with Crippen molar-refractivity contribution in [1.29, 1.82) is 0 Å². The van der Waals surface area contributed by atoms with Crippen molar-refractivity contribution >= 4 is 5.97 Å². The summed E-state index contributed by atoms with van der Waals surface area (Å²) in [6, 6.07) is 0. The zero-order valence-corrected chi connectivity index (χ0v) is 20.4. The van der Waals surface area contributed by atoms with Crippen LogP contribution in [0.5, 0.6) is 0 Å². The Labute approximate surface area is 189 Å². The Balaban J connectivity index is 1.55. The molecule has 0 aliphatic heterocycles. The lowest BCUT2D eigenvalue weighted by atomic mass is 9.40. The summed E-state index contributed by atoms with van der Waals surface area (Å²) in [4.78, 5) is 13.2. The van der Waals surface area contributed by atoms with Crippen LogP contribution in [0.3, 0.4) is 0 Å². The van der Waals surface area contributed by atoms with Crippen molar-refractivity contribution in [3.05, 3.63) is 11.6 Å². The number of hydrogen-bond donors (Lipinski definition) is 2. The van der Waals surface area contributed by atoms with Gasteiger partial charge in [0.25, 0.3) is 0 Å². The van der Waals surface area contributed by atoms with Crippen LogP contribution in [0.25, 0.3) is 0 Å². The highest BCUT2D eigenvalue weighted by Crippen LogP contribution is 2.69. The topological polar surface area (TPSA) is 57.5 Å². The van der Waals surface area contributed by atoms with Gasteiger partial charge in [-0.1, -0.05) is 46.3 Å². The molecule has 3 heteroatoms. The number of allylic oxidation sites excluding steroid dienone is 1. The van der Waals surface area contributed by atoms with E-state index in [4.69, 9.17) is 0 Å². The molecule has 174 valence electrons. The van der Waals surface area contributed by atoms with E-state index in [1.807, 2.05) is 0 Å². The van der Waals surface area contributed by atoms with Gasteiger partial charge in [-0.3, -0.25) is 4.79 Å². The fourth-order valence-electron chi connectivity index (χ4n) is 9.44. The Morgan fingerprint density at radius 1 is 0.903 bits per heavy atom. The summed E-state index contributed by atoms with van der Waals surface area (Å²) in [5, 5.41) is 21.5. The van der Waals surface area contributed by atoms with Crippen LogP contribution in [0, 0.1) is 51.2 Å². The molecule has 0 heterocycles. The molecule has 0 saturated heterocycles. The minimum absolute atomic E-state index is 0.0488. The predicted molar refractivity (Wildman–Crippen MR) is 123 cm³/mol.